The zero-order valence-corrected chi connectivity index (χ0v) is 18.6. The van der Waals surface area contributed by atoms with E-state index in [1.807, 2.05) is 24.3 Å². The number of hydrogen-bond donors (Lipinski definition) is 2. The third kappa shape index (κ3) is 4.65. The zero-order valence-electron chi connectivity index (χ0n) is 17.8. The lowest BCUT2D eigenvalue weighted by molar-refractivity contribution is -0.118. The smallest absolute Gasteiger partial charge is 0.262 e. The third-order valence-electron chi connectivity index (χ3n) is 5.11. The summed E-state index contributed by atoms with van der Waals surface area (Å²) in [6, 6.07) is 15.9. The summed E-state index contributed by atoms with van der Waals surface area (Å²) < 4.78 is 48.0. The normalized spacial score (nSPS) is 12.3. The molecule has 0 bridgehead atoms. The molecule has 33 heavy (non-hydrogen) atoms. The lowest BCUT2D eigenvalue weighted by atomic mass is 10.2. The Kier molecular flexibility index (Phi) is 6.01. The Hall–Kier alpha value is -3.92. The molecule has 1 unspecified atom stereocenters. The number of carbonyl (C=O) groups is 1. The molecule has 0 saturated heterocycles. The second kappa shape index (κ2) is 8.91. The first-order chi connectivity index (χ1) is 15.8. The number of ether oxygens (including phenoxy) is 1. The summed E-state index contributed by atoms with van der Waals surface area (Å²) in [5, 5.41) is 2.79. The van der Waals surface area contributed by atoms with Crippen molar-refractivity contribution in [2.24, 2.45) is 0 Å². The van der Waals surface area contributed by atoms with Gasteiger partial charge in [0.1, 0.15) is 17.6 Å². The monoisotopic (exact) mass is 468 g/mol. The molecule has 170 valence electrons. The highest BCUT2D eigenvalue weighted by Gasteiger charge is 2.20. The number of fused-ring (bicyclic) bond motifs is 1. The molecule has 0 radical (unpaired) electrons. The maximum Gasteiger partial charge on any atom is 0.262 e. The molecule has 4 rings (SSSR count). The van der Waals surface area contributed by atoms with E-state index in [1.165, 1.54) is 19.2 Å². The Morgan fingerprint density at radius 3 is 2.55 bits per heavy atom. The fraction of sp³-hybridized carbons (Fsp3) is 0.130. The molecule has 1 atom stereocenters. The quantitative estimate of drug-likeness (QED) is 0.424. The molecular weight excluding hydrogens is 447 g/mol. The molecule has 0 aliphatic carbocycles. The van der Waals surface area contributed by atoms with Crippen molar-refractivity contribution in [3.63, 3.8) is 0 Å². The van der Waals surface area contributed by atoms with Gasteiger partial charge in [0.05, 0.1) is 35.1 Å². The summed E-state index contributed by atoms with van der Waals surface area (Å²) in [6.45, 7) is 1.74. The van der Waals surface area contributed by atoms with Crippen LogP contribution in [0.2, 0.25) is 0 Å². The minimum absolute atomic E-state index is 0.110. The van der Waals surface area contributed by atoms with Crippen LogP contribution in [0, 0.1) is 5.82 Å². The number of aromatic nitrogens is 2. The minimum Gasteiger partial charge on any atom is -0.495 e. The van der Waals surface area contributed by atoms with Gasteiger partial charge in [-0.15, -0.1) is 0 Å². The van der Waals surface area contributed by atoms with Crippen molar-refractivity contribution in [3.05, 3.63) is 78.9 Å². The van der Waals surface area contributed by atoms with E-state index in [1.54, 1.807) is 23.9 Å². The Morgan fingerprint density at radius 2 is 1.82 bits per heavy atom. The molecule has 1 heterocycles. The molecule has 0 spiro atoms. The number of carbonyl (C=O) groups excluding carboxylic acids is 1. The highest BCUT2D eigenvalue weighted by Crippen LogP contribution is 2.30. The summed E-state index contributed by atoms with van der Waals surface area (Å²) in [5.41, 5.74) is 2.09. The third-order valence-corrected chi connectivity index (χ3v) is 6.49. The van der Waals surface area contributed by atoms with Gasteiger partial charge in [0.15, 0.2) is 0 Å². The molecule has 3 aromatic carbocycles. The van der Waals surface area contributed by atoms with Crippen molar-refractivity contribution >= 4 is 38.3 Å². The predicted molar refractivity (Wildman–Crippen MR) is 123 cm³/mol. The predicted octanol–water partition coefficient (Wildman–Crippen LogP) is 4.18. The first-order valence-corrected chi connectivity index (χ1v) is 11.5. The molecule has 1 amide bonds. The Balaban J connectivity index is 1.57. The van der Waals surface area contributed by atoms with Crippen molar-refractivity contribution in [2.75, 3.05) is 17.1 Å². The number of methoxy groups -OCH3 is 1. The van der Waals surface area contributed by atoms with E-state index in [-0.39, 0.29) is 22.2 Å². The van der Waals surface area contributed by atoms with Gasteiger partial charge in [0, 0.05) is 5.69 Å². The SMILES string of the molecule is COc1ccc(NC(=O)C(C)n2cnc3ccccc32)cc1NS(=O)(=O)c1ccc(F)cc1. The standard InChI is InChI=1S/C23H21FN4O4S/c1-15(28-14-25-19-5-3-4-6-21(19)28)23(29)26-17-9-12-22(32-2)20(13-17)27-33(30,31)18-10-7-16(24)8-11-18/h3-15,27H,1-2H3,(H,26,29). The number of nitrogens with zero attached hydrogens (tertiary/aromatic N) is 2. The zero-order chi connectivity index (χ0) is 23.6. The minimum atomic E-state index is -4.01. The molecule has 0 aliphatic heterocycles. The van der Waals surface area contributed by atoms with Crippen LogP contribution >= 0.6 is 0 Å². The maximum atomic E-state index is 13.2. The maximum absolute atomic E-state index is 13.2. The van der Waals surface area contributed by atoms with E-state index in [9.17, 15) is 17.6 Å². The van der Waals surface area contributed by atoms with Crippen LogP contribution in [0.4, 0.5) is 15.8 Å². The second-order valence-electron chi connectivity index (χ2n) is 7.28. The van der Waals surface area contributed by atoms with Crippen LogP contribution in [0.15, 0.2) is 78.0 Å². The molecule has 0 saturated carbocycles. The van der Waals surface area contributed by atoms with Crippen LogP contribution in [-0.4, -0.2) is 31.0 Å². The van der Waals surface area contributed by atoms with Crippen molar-refractivity contribution in [1.29, 1.82) is 0 Å². The van der Waals surface area contributed by atoms with Crippen LogP contribution in [0.1, 0.15) is 13.0 Å². The van der Waals surface area contributed by atoms with Gasteiger partial charge in [0.25, 0.3) is 10.0 Å². The van der Waals surface area contributed by atoms with Gasteiger partial charge in [-0.3, -0.25) is 9.52 Å². The Morgan fingerprint density at radius 1 is 1.09 bits per heavy atom. The molecule has 0 fully saturated rings. The molecule has 4 aromatic rings. The number of para-hydroxylation sites is 2. The number of nitrogens with one attached hydrogen (secondary N) is 2. The summed E-state index contributed by atoms with van der Waals surface area (Å²) in [5.74, 6) is -0.598. The van der Waals surface area contributed by atoms with E-state index in [2.05, 4.69) is 15.0 Å². The number of rotatable bonds is 7. The van der Waals surface area contributed by atoms with Crippen molar-refractivity contribution < 1.29 is 22.3 Å². The molecule has 2 N–H and O–H groups in total. The van der Waals surface area contributed by atoms with Crippen LogP contribution < -0.4 is 14.8 Å². The van der Waals surface area contributed by atoms with Gasteiger partial charge in [-0.1, -0.05) is 12.1 Å². The molecular formula is C23H21FN4O4S. The Labute approximate surface area is 190 Å². The highest BCUT2D eigenvalue weighted by atomic mass is 32.2. The summed E-state index contributed by atoms with van der Waals surface area (Å²) >= 11 is 0. The number of imidazole rings is 1. The van der Waals surface area contributed by atoms with E-state index in [0.717, 1.165) is 35.3 Å². The number of sulfonamides is 1. The van der Waals surface area contributed by atoms with Crippen LogP contribution in [-0.2, 0) is 14.8 Å². The lowest BCUT2D eigenvalue weighted by Gasteiger charge is -2.17. The van der Waals surface area contributed by atoms with E-state index in [4.69, 9.17) is 4.74 Å². The second-order valence-corrected chi connectivity index (χ2v) is 8.96. The van der Waals surface area contributed by atoms with Crippen LogP contribution in [0.25, 0.3) is 11.0 Å². The fourth-order valence-electron chi connectivity index (χ4n) is 3.34. The molecule has 0 aliphatic rings. The molecule has 8 nitrogen and oxygen atoms in total. The van der Waals surface area contributed by atoms with Crippen molar-refractivity contribution in [3.8, 4) is 5.75 Å². The molecule has 10 heteroatoms. The first-order valence-electron chi connectivity index (χ1n) is 9.97. The van der Waals surface area contributed by atoms with Gasteiger partial charge < -0.3 is 14.6 Å². The average molecular weight is 469 g/mol. The number of benzene rings is 3. The van der Waals surface area contributed by atoms with Crippen molar-refractivity contribution in [1.82, 2.24) is 9.55 Å². The van der Waals surface area contributed by atoms with E-state index < -0.39 is 21.9 Å². The fourth-order valence-corrected chi connectivity index (χ4v) is 4.40. The number of halogens is 1. The first kappa shape index (κ1) is 22.3. The largest absolute Gasteiger partial charge is 0.495 e. The Bertz CT molecular complexity index is 1420. The molecule has 1 aromatic heterocycles. The van der Waals surface area contributed by atoms with Crippen molar-refractivity contribution in [2.45, 2.75) is 17.9 Å². The summed E-state index contributed by atoms with van der Waals surface area (Å²) in [4.78, 5) is 17.1. The van der Waals surface area contributed by atoms with Gasteiger partial charge >= 0.3 is 0 Å². The average Bonchev–Trinajstić information content (AvgIpc) is 3.23. The highest BCUT2D eigenvalue weighted by molar-refractivity contribution is 7.92. The summed E-state index contributed by atoms with van der Waals surface area (Å²) in [6.07, 6.45) is 1.60. The number of anilines is 2. The van der Waals surface area contributed by atoms with Gasteiger partial charge in [-0.2, -0.15) is 0 Å². The van der Waals surface area contributed by atoms with E-state index >= 15 is 0 Å². The van der Waals surface area contributed by atoms with Gasteiger partial charge in [-0.05, 0) is 61.5 Å². The summed E-state index contributed by atoms with van der Waals surface area (Å²) in [7, 11) is -2.61. The number of amides is 1. The topological polar surface area (TPSA) is 102 Å². The van der Waals surface area contributed by atoms with Gasteiger partial charge in [-0.25, -0.2) is 17.8 Å². The van der Waals surface area contributed by atoms with Crippen LogP contribution in [0.5, 0.6) is 5.75 Å². The van der Waals surface area contributed by atoms with Crippen LogP contribution in [0.3, 0.4) is 0 Å². The lowest BCUT2D eigenvalue weighted by Crippen LogP contribution is -2.23. The van der Waals surface area contributed by atoms with Gasteiger partial charge in [0.2, 0.25) is 5.91 Å². The number of hydrogen-bond acceptors (Lipinski definition) is 5. The van der Waals surface area contributed by atoms with E-state index in [0.29, 0.717) is 5.69 Å².